The molecule has 0 amide bonds. The normalized spacial score (nSPS) is 17.1. The molecule has 0 radical (unpaired) electrons. The molecule has 1 fully saturated rings. The van der Waals surface area contributed by atoms with E-state index < -0.39 is 0 Å². The third-order valence-corrected chi connectivity index (χ3v) is 3.41. The highest BCUT2D eigenvalue weighted by Gasteiger charge is 2.21. The molecule has 1 N–H and O–H groups in total. The van der Waals surface area contributed by atoms with Crippen LogP contribution in [0.4, 0.5) is 0 Å². The van der Waals surface area contributed by atoms with Crippen LogP contribution in [-0.2, 0) is 0 Å². The van der Waals surface area contributed by atoms with Gasteiger partial charge >= 0.3 is 0 Å². The number of benzene rings is 1. The van der Waals surface area contributed by atoms with Crippen molar-refractivity contribution in [2.24, 2.45) is 0 Å². The maximum Gasteiger partial charge on any atom is 0.119 e. The quantitative estimate of drug-likeness (QED) is 0.769. The molecule has 1 unspecified atom stereocenters. The van der Waals surface area contributed by atoms with Crippen molar-refractivity contribution in [1.82, 2.24) is 5.32 Å². The minimum atomic E-state index is 0.237. The van der Waals surface area contributed by atoms with Crippen molar-refractivity contribution in [3.8, 4) is 5.75 Å². The van der Waals surface area contributed by atoms with Gasteiger partial charge in [-0.2, -0.15) is 0 Å². The standard InChI is InChI=1S/C13H19NOS/c1-10(9-14-11-3-4-11)15-12-5-7-13(16-2)8-6-12/h5-8,10-11,14H,3-4,9H2,1-2H3. The highest BCUT2D eigenvalue weighted by atomic mass is 32.2. The summed E-state index contributed by atoms with van der Waals surface area (Å²) in [6, 6.07) is 9.03. The lowest BCUT2D eigenvalue weighted by atomic mass is 10.3. The highest BCUT2D eigenvalue weighted by molar-refractivity contribution is 7.98. The van der Waals surface area contributed by atoms with Crippen molar-refractivity contribution in [3.05, 3.63) is 24.3 Å². The van der Waals surface area contributed by atoms with E-state index >= 15 is 0 Å². The van der Waals surface area contributed by atoms with Gasteiger partial charge in [-0.05, 0) is 50.3 Å². The zero-order valence-corrected chi connectivity index (χ0v) is 10.7. The predicted octanol–water partition coefficient (Wildman–Crippen LogP) is 2.93. The smallest absolute Gasteiger partial charge is 0.119 e. The Kier molecular flexibility index (Phi) is 4.13. The van der Waals surface area contributed by atoms with Gasteiger partial charge in [0, 0.05) is 17.5 Å². The maximum atomic E-state index is 5.82. The summed E-state index contributed by atoms with van der Waals surface area (Å²) in [7, 11) is 0. The van der Waals surface area contributed by atoms with Gasteiger partial charge in [0.1, 0.15) is 11.9 Å². The van der Waals surface area contributed by atoms with Crippen LogP contribution in [0.25, 0.3) is 0 Å². The van der Waals surface area contributed by atoms with Gasteiger partial charge in [-0.1, -0.05) is 0 Å². The number of nitrogens with one attached hydrogen (secondary N) is 1. The first-order valence-corrected chi connectivity index (χ1v) is 7.04. The van der Waals surface area contributed by atoms with Gasteiger partial charge in [0.25, 0.3) is 0 Å². The molecule has 3 heteroatoms. The molecule has 0 aromatic heterocycles. The van der Waals surface area contributed by atoms with E-state index in [4.69, 9.17) is 4.74 Å². The second-order valence-corrected chi connectivity index (χ2v) is 5.17. The van der Waals surface area contributed by atoms with Crippen molar-refractivity contribution in [3.63, 3.8) is 0 Å². The first kappa shape index (κ1) is 11.8. The van der Waals surface area contributed by atoms with Crippen LogP contribution in [0, 0.1) is 0 Å². The second-order valence-electron chi connectivity index (χ2n) is 4.29. The van der Waals surface area contributed by atoms with Crippen molar-refractivity contribution in [2.45, 2.75) is 36.8 Å². The summed E-state index contributed by atoms with van der Waals surface area (Å²) in [5.74, 6) is 0.961. The molecule has 16 heavy (non-hydrogen) atoms. The Morgan fingerprint density at radius 1 is 1.38 bits per heavy atom. The van der Waals surface area contributed by atoms with Crippen molar-refractivity contribution >= 4 is 11.8 Å². The molecular weight excluding hydrogens is 218 g/mol. The summed E-state index contributed by atoms with van der Waals surface area (Å²) in [5, 5.41) is 3.47. The molecule has 0 aliphatic heterocycles. The Morgan fingerprint density at radius 3 is 2.62 bits per heavy atom. The van der Waals surface area contributed by atoms with Crippen LogP contribution in [0.15, 0.2) is 29.2 Å². The third kappa shape index (κ3) is 3.72. The van der Waals surface area contributed by atoms with E-state index in [1.54, 1.807) is 11.8 Å². The predicted molar refractivity (Wildman–Crippen MR) is 69.3 cm³/mol. The van der Waals surface area contributed by atoms with Crippen LogP contribution >= 0.6 is 11.8 Å². The Hall–Kier alpha value is -0.670. The van der Waals surface area contributed by atoms with E-state index in [0.29, 0.717) is 0 Å². The van der Waals surface area contributed by atoms with Gasteiger partial charge in [0.15, 0.2) is 0 Å². The molecule has 0 heterocycles. The topological polar surface area (TPSA) is 21.3 Å². The monoisotopic (exact) mass is 237 g/mol. The summed E-state index contributed by atoms with van der Waals surface area (Å²) in [5.41, 5.74) is 0. The van der Waals surface area contributed by atoms with Gasteiger partial charge < -0.3 is 10.1 Å². The van der Waals surface area contributed by atoms with E-state index in [1.807, 2.05) is 12.1 Å². The highest BCUT2D eigenvalue weighted by Crippen LogP contribution is 2.21. The minimum Gasteiger partial charge on any atom is -0.489 e. The van der Waals surface area contributed by atoms with Crippen LogP contribution in [0.2, 0.25) is 0 Å². The second kappa shape index (κ2) is 5.60. The fourth-order valence-electron chi connectivity index (χ4n) is 1.55. The molecule has 0 bridgehead atoms. The van der Waals surface area contributed by atoms with Gasteiger partial charge in [-0.25, -0.2) is 0 Å². The van der Waals surface area contributed by atoms with Gasteiger partial charge in [-0.15, -0.1) is 11.8 Å². The summed E-state index contributed by atoms with van der Waals surface area (Å²) < 4.78 is 5.82. The first-order valence-electron chi connectivity index (χ1n) is 5.82. The van der Waals surface area contributed by atoms with E-state index in [0.717, 1.165) is 18.3 Å². The van der Waals surface area contributed by atoms with Crippen molar-refractivity contribution in [1.29, 1.82) is 0 Å². The van der Waals surface area contributed by atoms with Gasteiger partial charge in [0.2, 0.25) is 0 Å². The number of hydrogen-bond donors (Lipinski definition) is 1. The Balaban J connectivity index is 1.77. The van der Waals surface area contributed by atoms with Crippen LogP contribution < -0.4 is 10.1 Å². The largest absolute Gasteiger partial charge is 0.489 e. The van der Waals surface area contributed by atoms with E-state index in [1.165, 1.54) is 17.7 Å². The molecule has 1 atom stereocenters. The SMILES string of the molecule is CSc1ccc(OC(C)CNC2CC2)cc1. The van der Waals surface area contributed by atoms with E-state index in [-0.39, 0.29) is 6.10 Å². The number of ether oxygens (including phenoxy) is 1. The number of rotatable bonds is 6. The summed E-state index contributed by atoms with van der Waals surface area (Å²) >= 11 is 1.75. The summed E-state index contributed by atoms with van der Waals surface area (Å²) in [6.07, 6.45) is 4.98. The molecule has 0 saturated heterocycles. The molecule has 1 aliphatic carbocycles. The van der Waals surface area contributed by atoms with Crippen LogP contribution in [0.5, 0.6) is 5.75 Å². The van der Waals surface area contributed by atoms with Crippen LogP contribution in [-0.4, -0.2) is 24.9 Å². The molecular formula is C13H19NOS. The molecule has 1 aromatic rings. The lowest BCUT2D eigenvalue weighted by Crippen LogP contribution is -2.30. The average molecular weight is 237 g/mol. The Labute approximate surface area is 102 Å². The Morgan fingerprint density at radius 2 is 2.06 bits per heavy atom. The lowest BCUT2D eigenvalue weighted by Gasteiger charge is -2.15. The van der Waals surface area contributed by atoms with E-state index in [9.17, 15) is 0 Å². The third-order valence-electron chi connectivity index (χ3n) is 2.67. The molecule has 2 rings (SSSR count). The van der Waals surface area contributed by atoms with E-state index in [2.05, 4.69) is 30.6 Å². The molecule has 1 aliphatic rings. The average Bonchev–Trinajstić information content (AvgIpc) is 3.11. The van der Waals surface area contributed by atoms with Gasteiger partial charge in [0.05, 0.1) is 0 Å². The molecule has 1 aromatic carbocycles. The zero-order chi connectivity index (χ0) is 11.4. The van der Waals surface area contributed by atoms with Crippen molar-refractivity contribution in [2.75, 3.05) is 12.8 Å². The van der Waals surface area contributed by atoms with Crippen LogP contribution in [0.3, 0.4) is 0 Å². The molecule has 88 valence electrons. The number of thioether (sulfide) groups is 1. The fourth-order valence-corrected chi connectivity index (χ4v) is 1.96. The van der Waals surface area contributed by atoms with Crippen molar-refractivity contribution < 1.29 is 4.74 Å². The lowest BCUT2D eigenvalue weighted by molar-refractivity contribution is 0.216. The zero-order valence-electron chi connectivity index (χ0n) is 9.90. The fraction of sp³-hybridized carbons (Fsp3) is 0.538. The minimum absolute atomic E-state index is 0.237. The Bertz CT molecular complexity index is 321. The number of hydrogen-bond acceptors (Lipinski definition) is 3. The molecule has 2 nitrogen and oxygen atoms in total. The van der Waals surface area contributed by atoms with Gasteiger partial charge in [-0.3, -0.25) is 0 Å². The maximum absolute atomic E-state index is 5.82. The first-order chi connectivity index (χ1) is 7.78. The molecule has 0 spiro atoms. The van der Waals surface area contributed by atoms with Crippen LogP contribution in [0.1, 0.15) is 19.8 Å². The molecule has 1 saturated carbocycles. The summed E-state index contributed by atoms with van der Waals surface area (Å²) in [6.45, 7) is 3.05. The summed E-state index contributed by atoms with van der Waals surface area (Å²) in [4.78, 5) is 1.27.